The number of ether oxygens (including phenoxy) is 2. The Morgan fingerprint density at radius 3 is 2.73 bits per heavy atom. The lowest BCUT2D eigenvalue weighted by Gasteiger charge is -2.33. The number of benzene rings is 1. The van der Waals surface area contributed by atoms with Crippen LogP contribution in [-0.4, -0.2) is 49.7 Å². The lowest BCUT2D eigenvalue weighted by Crippen LogP contribution is -3.16. The zero-order valence-electron chi connectivity index (χ0n) is 13.6. The third-order valence-electron chi connectivity index (χ3n) is 3.91. The van der Waals surface area contributed by atoms with Gasteiger partial charge in [-0.2, -0.15) is 0 Å². The first-order valence-corrected chi connectivity index (χ1v) is 8.07. The summed E-state index contributed by atoms with van der Waals surface area (Å²) >= 11 is 0. The van der Waals surface area contributed by atoms with E-state index >= 15 is 0 Å². The van der Waals surface area contributed by atoms with E-state index in [2.05, 4.69) is 20.4 Å². The van der Waals surface area contributed by atoms with E-state index in [0.29, 0.717) is 13.2 Å². The smallest absolute Gasteiger partial charge is 0.137 e. The molecule has 1 fully saturated rings. The molecule has 22 heavy (non-hydrogen) atoms. The fourth-order valence-electron chi connectivity index (χ4n) is 3.10. The van der Waals surface area contributed by atoms with Gasteiger partial charge in [0.2, 0.25) is 0 Å². The topological polar surface area (TPSA) is 43.1 Å². The SMILES string of the molecule is C=CCc1ccccc1OCC(O)C[NH+]1CC(C)OC(C)C1. The molecule has 1 heterocycles. The van der Waals surface area contributed by atoms with E-state index in [1.165, 1.54) is 4.90 Å². The van der Waals surface area contributed by atoms with Crippen molar-refractivity contribution in [2.75, 3.05) is 26.2 Å². The Balaban J connectivity index is 1.82. The first-order valence-electron chi connectivity index (χ1n) is 8.07. The number of rotatable bonds is 7. The number of nitrogens with one attached hydrogen (secondary N) is 1. The molecule has 2 rings (SSSR count). The van der Waals surface area contributed by atoms with Gasteiger partial charge in [0.15, 0.2) is 0 Å². The van der Waals surface area contributed by atoms with Gasteiger partial charge in [0.05, 0.1) is 0 Å². The Labute approximate surface area is 133 Å². The van der Waals surface area contributed by atoms with Crippen molar-refractivity contribution in [3.8, 4) is 5.75 Å². The van der Waals surface area contributed by atoms with Crippen LogP contribution in [0.1, 0.15) is 19.4 Å². The molecule has 122 valence electrons. The predicted molar refractivity (Wildman–Crippen MR) is 87.4 cm³/mol. The molecule has 2 N–H and O–H groups in total. The molecule has 4 nitrogen and oxygen atoms in total. The lowest BCUT2D eigenvalue weighted by molar-refractivity contribution is -0.918. The van der Waals surface area contributed by atoms with Crippen molar-refractivity contribution in [1.29, 1.82) is 0 Å². The van der Waals surface area contributed by atoms with Crippen LogP contribution in [0, 0.1) is 0 Å². The van der Waals surface area contributed by atoms with Crippen LogP contribution in [0.25, 0.3) is 0 Å². The molecule has 1 aliphatic rings. The van der Waals surface area contributed by atoms with E-state index in [9.17, 15) is 5.11 Å². The molecular weight excluding hydrogens is 278 g/mol. The second-order valence-corrected chi connectivity index (χ2v) is 6.19. The molecule has 4 heteroatoms. The fraction of sp³-hybridized carbons (Fsp3) is 0.556. The number of quaternary nitrogens is 1. The maximum atomic E-state index is 10.2. The van der Waals surface area contributed by atoms with Crippen molar-refractivity contribution >= 4 is 0 Å². The van der Waals surface area contributed by atoms with Gasteiger partial charge in [0.1, 0.15) is 50.3 Å². The van der Waals surface area contributed by atoms with Crippen LogP contribution >= 0.6 is 0 Å². The van der Waals surface area contributed by atoms with E-state index in [4.69, 9.17) is 9.47 Å². The van der Waals surface area contributed by atoms with Crippen LogP contribution in [0.2, 0.25) is 0 Å². The van der Waals surface area contributed by atoms with Crippen molar-refractivity contribution in [2.45, 2.75) is 38.6 Å². The minimum atomic E-state index is -0.468. The molecule has 3 atom stereocenters. The summed E-state index contributed by atoms with van der Waals surface area (Å²) in [5.74, 6) is 0.833. The van der Waals surface area contributed by atoms with E-state index in [1.807, 2.05) is 30.3 Å². The second-order valence-electron chi connectivity index (χ2n) is 6.19. The summed E-state index contributed by atoms with van der Waals surface area (Å²) in [5.41, 5.74) is 1.10. The molecule has 1 aliphatic heterocycles. The van der Waals surface area contributed by atoms with Gasteiger partial charge in [0, 0.05) is 0 Å². The standard InChI is InChI=1S/C18H27NO3/c1-4-7-16-8-5-6-9-18(16)21-13-17(20)12-19-10-14(2)22-15(3)11-19/h4-6,8-9,14-15,17,20H,1,7,10-13H2,2-3H3/p+1. The number of aliphatic hydroxyl groups is 1. The zero-order valence-corrected chi connectivity index (χ0v) is 13.6. The molecule has 0 spiro atoms. The Bertz CT molecular complexity index is 467. The molecule has 0 saturated carbocycles. The minimum absolute atomic E-state index is 0.250. The van der Waals surface area contributed by atoms with Crippen LogP contribution in [0.5, 0.6) is 5.75 Å². The van der Waals surface area contributed by atoms with Crippen molar-refractivity contribution < 1.29 is 19.5 Å². The van der Waals surface area contributed by atoms with E-state index in [-0.39, 0.29) is 12.2 Å². The molecule has 0 amide bonds. The van der Waals surface area contributed by atoms with Gasteiger partial charge in [-0.15, -0.1) is 6.58 Å². The quantitative estimate of drug-likeness (QED) is 0.734. The van der Waals surface area contributed by atoms with Crippen molar-refractivity contribution in [3.63, 3.8) is 0 Å². The van der Waals surface area contributed by atoms with Crippen LogP contribution in [-0.2, 0) is 11.2 Å². The molecule has 0 radical (unpaired) electrons. The van der Waals surface area contributed by atoms with Gasteiger partial charge in [0.25, 0.3) is 0 Å². The molecule has 1 saturated heterocycles. The molecule has 0 aliphatic carbocycles. The zero-order chi connectivity index (χ0) is 15.9. The monoisotopic (exact) mass is 306 g/mol. The van der Waals surface area contributed by atoms with Gasteiger partial charge in [-0.05, 0) is 31.9 Å². The number of morpholine rings is 1. The molecule has 3 unspecified atom stereocenters. The summed E-state index contributed by atoms with van der Waals surface area (Å²) in [5, 5.41) is 10.2. The summed E-state index contributed by atoms with van der Waals surface area (Å²) in [6.07, 6.45) is 2.67. The van der Waals surface area contributed by atoms with E-state index in [0.717, 1.165) is 30.8 Å². The number of allylic oxidation sites excluding steroid dienone is 1. The fourth-order valence-corrected chi connectivity index (χ4v) is 3.10. The Morgan fingerprint density at radius 2 is 2.05 bits per heavy atom. The highest BCUT2D eigenvalue weighted by molar-refractivity contribution is 5.34. The molecule has 1 aromatic rings. The third-order valence-corrected chi connectivity index (χ3v) is 3.91. The van der Waals surface area contributed by atoms with Crippen LogP contribution in [0.3, 0.4) is 0 Å². The van der Waals surface area contributed by atoms with Crippen molar-refractivity contribution in [1.82, 2.24) is 0 Å². The number of hydrogen-bond donors (Lipinski definition) is 2. The van der Waals surface area contributed by atoms with E-state index in [1.54, 1.807) is 0 Å². The summed E-state index contributed by atoms with van der Waals surface area (Å²) < 4.78 is 11.5. The number of aliphatic hydroxyl groups excluding tert-OH is 1. The van der Waals surface area contributed by atoms with Crippen molar-refractivity contribution in [2.24, 2.45) is 0 Å². The summed E-state index contributed by atoms with van der Waals surface area (Å²) in [6, 6.07) is 7.91. The minimum Gasteiger partial charge on any atom is -0.490 e. The van der Waals surface area contributed by atoms with Crippen LogP contribution in [0.15, 0.2) is 36.9 Å². The highest BCUT2D eigenvalue weighted by atomic mass is 16.5. The average molecular weight is 306 g/mol. The predicted octanol–water partition coefficient (Wildman–Crippen LogP) is 0.847. The molecular formula is C18H28NO3+. The summed E-state index contributed by atoms with van der Waals surface area (Å²) in [6.45, 7) is 10.8. The van der Waals surface area contributed by atoms with Gasteiger partial charge in [-0.3, -0.25) is 0 Å². The van der Waals surface area contributed by atoms with Gasteiger partial charge < -0.3 is 19.5 Å². The molecule has 0 aromatic heterocycles. The Morgan fingerprint density at radius 1 is 1.36 bits per heavy atom. The first kappa shape index (κ1) is 17.0. The highest BCUT2D eigenvalue weighted by Gasteiger charge is 2.27. The average Bonchev–Trinajstić information content (AvgIpc) is 2.45. The normalized spacial score (nSPS) is 26.4. The summed E-state index contributed by atoms with van der Waals surface area (Å²) in [4.78, 5) is 1.38. The Kier molecular flexibility index (Phi) is 6.43. The van der Waals surface area contributed by atoms with Crippen LogP contribution < -0.4 is 9.64 Å². The maximum absolute atomic E-state index is 10.2. The van der Waals surface area contributed by atoms with Crippen molar-refractivity contribution in [3.05, 3.63) is 42.5 Å². The summed E-state index contributed by atoms with van der Waals surface area (Å²) in [7, 11) is 0. The first-order chi connectivity index (χ1) is 10.6. The number of para-hydroxylation sites is 1. The Hall–Kier alpha value is -1.36. The maximum Gasteiger partial charge on any atom is 0.137 e. The second kappa shape index (κ2) is 8.32. The highest BCUT2D eigenvalue weighted by Crippen LogP contribution is 2.18. The number of hydrogen-bond acceptors (Lipinski definition) is 3. The largest absolute Gasteiger partial charge is 0.490 e. The molecule has 1 aromatic carbocycles. The lowest BCUT2D eigenvalue weighted by atomic mass is 10.1. The molecule has 0 bridgehead atoms. The van der Waals surface area contributed by atoms with Gasteiger partial charge >= 0.3 is 0 Å². The van der Waals surface area contributed by atoms with E-state index < -0.39 is 6.10 Å². The van der Waals surface area contributed by atoms with Gasteiger partial charge in [-0.25, -0.2) is 0 Å². The third kappa shape index (κ3) is 5.13. The van der Waals surface area contributed by atoms with Crippen LogP contribution in [0.4, 0.5) is 0 Å². The van der Waals surface area contributed by atoms with Gasteiger partial charge in [-0.1, -0.05) is 24.3 Å².